The van der Waals surface area contributed by atoms with E-state index >= 15 is 0 Å². The number of ether oxygens (including phenoxy) is 1. The van der Waals surface area contributed by atoms with Crippen molar-refractivity contribution in [3.8, 4) is 0 Å². The van der Waals surface area contributed by atoms with Gasteiger partial charge in [0.15, 0.2) is 0 Å². The van der Waals surface area contributed by atoms with E-state index in [-0.39, 0.29) is 5.78 Å². The van der Waals surface area contributed by atoms with Crippen molar-refractivity contribution in [2.24, 2.45) is 0 Å². The summed E-state index contributed by atoms with van der Waals surface area (Å²) < 4.78 is 5.14. The lowest BCUT2D eigenvalue weighted by atomic mass is 10.0. The highest BCUT2D eigenvalue weighted by Crippen LogP contribution is 2.16. The van der Waals surface area contributed by atoms with Gasteiger partial charge in [-0.1, -0.05) is 0 Å². The van der Waals surface area contributed by atoms with E-state index in [1.807, 2.05) is 13.0 Å². The average molecular weight is 203 g/mol. The SMILES string of the molecule is Cc1ccnc(C(=O)C2=COCCC2)c1. The Labute approximate surface area is 88.8 Å². The van der Waals surface area contributed by atoms with E-state index in [2.05, 4.69) is 4.98 Å². The smallest absolute Gasteiger partial charge is 0.210 e. The first-order valence-corrected chi connectivity index (χ1v) is 5.05. The van der Waals surface area contributed by atoms with Gasteiger partial charge < -0.3 is 4.74 Å². The molecule has 15 heavy (non-hydrogen) atoms. The van der Waals surface area contributed by atoms with E-state index < -0.39 is 0 Å². The summed E-state index contributed by atoms with van der Waals surface area (Å²) in [5.74, 6) is -0.0154. The molecule has 2 rings (SSSR count). The van der Waals surface area contributed by atoms with Crippen molar-refractivity contribution < 1.29 is 9.53 Å². The molecule has 78 valence electrons. The van der Waals surface area contributed by atoms with Gasteiger partial charge in [0, 0.05) is 11.8 Å². The maximum absolute atomic E-state index is 11.9. The highest BCUT2D eigenvalue weighted by atomic mass is 16.5. The molecule has 1 aromatic heterocycles. The minimum Gasteiger partial charge on any atom is -0.501 e. The number of allylic oxidation sites excluding steroid dienone is 1. The molecule has 0 saturated carbocycles. The van der Waals surface area contributed by atoms with Crippen LogP contribution in [0, 0.1) is 6.92 Å². The summed E-state index contributed by atoms with van der Waals surface area (Å²) in [6.07, 6.45) is 4.92. The fourth-order valence-electron chi connectivity index (χ4n) is 1.56. The van der Waals surface area contributed by atoms with E-state index in [4.69, 9.17) is 4.74 Å². The number of aromatic nitrogens is 1. The molecule has 0 fully saturated rings. The normalized spacial score (nSPS) is 15.4. The van der Waals surface area contributed by atoms with Gasteiger partial charge in [-0.15, -0.1) is 0 Å². The van der Waals surface area contributed by atoms with E-state index in [1.165, 1.54) is 0 Å². The molecule has 0 saturated heterocycles. The maximum atomic E-state index is 11.9. The van der Waals surface area contributed by atoms with Gasteiger partial charge in [-0.05, 0) is 37.5 Å². The Morgan fingerprint density at radius 2 is 2.40 bits per heavy atom. The van der Waals surface area contributed by atoms with E-state index in [1.54, 1.807) is 18.5 Å². The minimum atomic E-state index is -0.0154. The van der Waals surface area contributed by atoms with Crippen LogP contribution in [0.5, 0.6) is 0 Å². The number of hydrogen-bond acceptors (Lipinski definition) is 3. The number of ketones is 1. The molecule has 1 aliphatic rings. The zero-order valence-corrected chi connectivity index (χ0v) is 8.69. The van der Waals surface area contributed by atoms with Crippen molar-refractivity contribution in [3.63, 3.8) is 0 Å². The molecule has 0 N–H and O–H groups in total. The molecule has 0 aromatic carbocycles. The lowest BCUT2D eigenvalue weighted by Gasteiger charge is -2.12. The third-order valence-corrected chi connectivity index (χ3v) is 2.37. The lowest BCUT2D eigenvalue weighted by molar-refractivity contribution is 0.100. The van der Waals surface area contributed by atoms with Crippen LogP contribution < -0.4 is 0 Å². The minimum absolute atomic E-state index is 0.0154. The summed E-state index contributed by atoms with van der Waals surface area (Å²) in [4.78, 5) is 16.0. The van der Waals surface area contributed by atoms with Crippen molar-refractivity contribution >= 4 is 5.78 Å². The predicted octanol–water partition coefficient (Wildman–Crippen LogP) is 2.27. The van der Waals surface area contributed by atoms with Crippen LogP contribution in [-0.2, 0) is 4.74 Å². The molecule has 0 unspecified atom stereocenters. The molecule has 0 amide bonds. The molecular formula is C12H13NO2. The second-order valence-corrected chi connectivity index (χ2v) is 3.66. The van der Waals surface area contributed by atoms with E-state index in [9.17, 15) is 4.79 Å². The number of hydrogen-bond donors (Lipinski definition) is 0. The number of carbonyl (C=O) groups excluding carboxylic acids is 1. The summed E-state index contributed by atoms with van der Waals surface area (Å²) in [5, 5.41) is 0. The molecule has 1 aromatic rings. The van der Waals surface area contributed by atoms with Crippen LogP contribution in [0.4, 0.5) is 0 Å². The first-order valence-electron chi connectivity index (χ1n) is 5.05. The molecule has 3 heteroatoms. The highest BCUT2D eigenvalue weighted by molar-refractivity contribution is 6.07. The first kappa shape index (κ1) is 9.90. The van der Waals surface area contributed by atoms with Crippen LogP contribution in [0.3, 0.4) is 0 Å². The van der Waals surface area contributed by atoms with Gasteiger partial charge in [0.05, 0.1) is 12.9 Å². The molecule has 0 spiro atoms. The second-order valence-electron chi connectivity index (χ2n) is 3.66. The Morgan fingerprint density at radius 3 is 3.07 bits per heavy atom. The largest absolute Gasteiger partial charge is 0.501 e. The average Bonchev–Trinajstić information content (AvgIpc) is 2.29. The van der Waals surface area contributed by atoms with Crippen molar-refractivity contribution in [1.82, 2.24) is 4.98 Å². The molecule has 2 heterocycles. The molecule has 0 aliphatic carbocycles. The van der Waals surface area contributed by atoms with Gasteiger partial charge in [-0.3, -0.25) is 9.78 Å². The van der Waals surface area contributed by atoms with Gasteiger partial charge >= 0.3 is 0 Å². The highest BCUT2D eigenvalue weighted by Gasteiger charge is 2.16. The fraction of sp³-hybridized carbons (Fsp3) is 0.333. The summed E-state index contributed by atoms with van der Waals surface area (Å²) in [6.45, 7) is 2.65. The van der Waals surface area contributed by atoms with Crippen molar-refractivity contribution in [2.45, 2.75) is 19.8 Å². The van der Waals surface area contributed by atoms with Gasteiger partial charge in [0.25, 0.3) is 0 Å². The third-order valence-electron chi connectivity index (χ3n) is 2.37. The van der Waals surface area contributed by atoms with E-state index in [0.717, 1.165) is 24.0 Å². The number of rotatable bonds is 2. The van der Waals surface area contributed by atoms with Crippen LogP contribution >= 0.6 is 0 Å². The topological polar surface area (TPSA) is 39.2 Å². The third kappa shape index (κ3) is 2.24. The van der Waals surface area contributed by atoms with Crippen molar-refractivity contribution in [1.29, 1.82) is 0 Å². The molecule has 1 aliphatic heterocycles. The van der Waals surface area contributed by atoms with Crippen molar-refractivity contribution in [3.05, 3.63) is 41.4 Å². The number of aryl methyl sites for hydroxylation is 1. The number of carbonyl (C=O) groups is 1. The lowest BCUT2D eigenvalue weighted by Crippen LogP contribution is -2.10. The number of nitrogens with zero attached hydrogens (tertiary/aromatic N) is 1. The Morgan fingerprint density at radius 1 is 1.53 bits per heavy atom. The predicted molar refractivity (Wildman–Crippen MR) is 56.6 cm³/mol. The maximum Gasteiger partial charge on any atom is 0.210 e. The Balaban J connectivity index is 2.24. The monoisotopic (exact) mass is 203 g/mol. The quantitative estimate of drug-likeness (QED) is 0.692. The Bertz CT molecular complexity index is 410. The van der Waals surface area contributed by atoms with Crippen LogP contribution in [-0.4, -0.2) is 17.4 Å². The second kappa shape index (κ2) is 4.26. The zero-order chi connectivity index (χ0) is 10.7. The number of pyridine rings is 1. The van der Waals surface area contributed by atoms with Crippen LogP contribution in [0.15, 0.2) is 30.2 Å². The van der Waals surface area contributed by atoms with Gasteiger partial charge in [-0.2, -0.15) is 0 Å². The van der Waals surface area contributed by atoms with Crippen LogP contribution in [0.2, 0.25) is 0 Å². The number of Topliss-reactive ketones (excluding diaryl/α,β-unsaturated/α-hetero) is 1. The summed E-state index contributed by atoms with van der Waals surface area (Å²) in [6, 6.07) is 3.68. The Hall–Kier alpha value is -1.64. The van der Waals surface area contributed by atoms with Gasteiger partial charge in [0.1, 0.15) is 5.69 Å². The fourth-order valence-corrected chi connectivity index (χ4v) is 1.56. The molecule has 0 atom stereocenters. The first-order chi connectivity index (χ1) is 7.27. The van der Waals surface area contributed by atoms with Gasteiger partial charge in [0.2, 0.25) is 5.78 Å². The summed E-state index contributed by atoms with van der Waals surface area (Å²) >= 11 is 0. The van der Waals surface area contributed by atoms with Crippen LogP contribution in [0.1, 0.15) is 28.9 Å². The van der Waals surface area contributed by atoms with Crippen LogP contribution in [0.25, 0.3) is 0 Å². The summed E-state index contributed by atoms with van der Waals surface area (Å²) in [7, 11) is 0. The molecule has 0 bridgehead atoms. The van der Waals surface area contributed by atoms with Crippen molar-refractivity contribution in [2.75, 3.05) is 6.61 Å². The van der Waals surface area contributed by atoms with Gasteiger partial charge in [-0.25, -0.2) is 0 Å². The standard InChI is InChI=1S/C12H13NO2/c1-9-4-5-13-11(7-9)12(14)10-3-2-6-15-8-10/h4-5,7-8H,2-3,6H2,1H3. The molecular weight excluding hydrogens is 190 g/mol. The molecule has 0 radical (unpaired) electrons. The molecule has 3 nitrogen and oxygen atoms in total. The zero-order valence-electron chi connectivity index (χ0n) is 8.69. The Kier molecular flexibility index (Phi) is 2.81. The summed E-state index contributed by atoms with van der Waals surface area (Å²) in [5.41, 5.74) is 2.27. The van der Waals surface area contributed by atoms with E-state index in [0.29, 0.717) is 12.3 Å².